The Morgan fingerprint density at radius 1 is 1.16 bits per heavy atom. The molecule has 5 heteroatoms. The van der Waals surface area contributed by atoms with Crippen LogP contribution in [0.5, 0.6) is 0 Å². The van der Waals surface area contributed by atoms with E-state index < -0.39 is 12.2 Å². The first-order valence-electron chi connectivity index (χ1n) is 10.7. The summed E-state index contributed by atoms with van der Waals surface area (Å²) >= 11 is 0. The largest absolute Gasteiger partial charge is 0.458 e. The highest BCUT2D eigenvalue weighted by atomic mass is 19.1. The molecule has 2 unspecified atom stereocenters. The second-order valence-corrected chi connectivity index (χ2v) is 8.57. The maximum Gasteiger partial charge on any atom is 0.309 e. The lowest BCUT2D eigenvalue weighted by molar-refractivity contribution is -0.156. The average molecular weight is 417 g/mol. The Balaban J connectivity index is 1.69. The van der Waals surface area contributed by atoms with Crippen molar-refractivity contribution < 1.29 is 19.0 Å². The molecular formula is C26H24FNO3. The molecule has 2 aromatic carbocycles. The lowest BCUT2D eigenvalue weighted by Gasteiger charge is -2.23. The van der Waals surface area contributed by atoms with Crippen LogP contribution in [-0.4, -0.2) is 28.3 Å². The Morgan fingerprint density at radius 2 is 1.94 bits per heavy atom. The molecule has 2 fully saturated rings. The van der Waals surface area contributed by atoms with E-state index in [0.29, 0.717) is 12.3 Å². The van der Waals surface area contributed by atoms with Crippen LogP contribution < -0.4 is 0 Å². The molecule has 2 atom stereocenters. The van der Waals surface area contributed by atoms with Gasteiger partial charge >= 0.3 is 5.97 Å². The summed E-state index contributed by atoms with van der Waals surface area (Å²) in [5.74, 6) is -0.273. The number of aryl methyl sites for hydroxylation is 1. The monoisotopic (exact) mass is 417 g/mol. The van der Waals surface area contributed by atoms with Crippen molar-refractivity contribution in [2.75, 3.05) is 0 Å². The molecule has 1 aromatic heterocycles. The lowest BCUT2D eigenvalue weighted by Crippen LogP contribution is -2.31. The van der Waals surface area contributed by atoms with Crippen LogP contribution in [-0.2, 0) is 9.53 Å². The molecular weight excluding hydrogens is 393 g/mol. The number of hydrogen-bond donors (Lipinski definition) is 1. The fraction of sp³-hybridized carbons (Fsp3) is 0.308. The van der Waals surface area contributed by atoms with E-state index in [2.05, 4.69) is 18.2 Å². The van der Waals surface area contributed by atoms with Gasteiger partial charge in [0, 0.05) is 28.9 Å². The molecule has 2 aliphatic rings. The van der Waals surface area contributed by atoms with Gasteiger partial charge in [-0.2, -0.15) is 0 Å². The van der Waals surface area contributed by atoms with Crippen molar-refractivity contribution in [3.8, 4) is 11.1 Å². The summed E-state index contributed by atoms with van der Waals surface area (Å²) in [5, 5.41) is 10.9. The van der Waals surface area contributed by atoms with Crippen LogP contribution in [0.15, 0.2) is 48.5 Å². The minimum Gasteiger partial charge on any atom is -0.458 e. The van der Waals surface area contributed by atoms with E-state index in [1.54, 1.807) is 12.1 Å². The molecule has 4 nitrogen and oxygen atoms in total. The molecule has 158 valence electrons. The number of cyclic esters (lactones) is 1. The Morgan fingerprint density at radius 3 is 2.65 bits per heavy atom. The quantitative estimate of drug-likeness (QED) is 0.585. The van der Waals surface area contributed by atoms with Gasteiger partial charge in [0.05, 0.1) is 23.7 Å². The van der Waals surface area contributed by atoms with Gasteiger partial charge in [-0.1, -0.05) is 30.3 Å². The van der Waals surface area contributed by atoms with Crippen molar-refractivity contribution >= 4 is 22.9 Å². The van der Waals surface area contributed by atoms with Crippen LogP contribution >= 0.6 is 0 Å². The molecule has 1 aliphatic carbocycles. The molecule has 5 rings (SSSR count). The molecule has 1 N–H and O–H groups in total. The number of halogens is 1. The van der Waals surface area contributed by atoms with Gasteiger partial charge in [0.1, 0.15) is 11.9 Å². The van der Waals surface area contributed by atoms with E-state index in [9.17, 15) is 14.3 Å². The molecule has 31 heavy (non-hydrogen) atoms. The summed E-state index contributed by atoms with van der Waals surface area (Å²) in [7, 11) is 0. The number of aromatic nitrogens is 1. The first-order chi connectivity index (χ1) is 15.0. The smallest absolute Gasteiger partial charge is 0.309 e. The van der Waals surface area contributed by atoms with Crippen molar-refractivity contribution in [1.29, 1.82) is 0 Å². The number of esters is 1. The highest BCUT2D eigenvalue weighted by molar-refractivity contribution is 5.99. The zero-order valence-electron chi connectivity index (χ0n) is 17.3. The van der Waals surface area contributed by atoms with Crippen LogP contribution in [0.1, 0.15) is 48.4 Å². The normalized spacial score (nSPS) is 21.6. The predicted molar refractivity (Wildman–Crippen MR) is 118 cm³/mol. The number of rotatable bonds is 4. The molecule has 0 spiro atoms. The second kappa shape index (κ2) is 7.89. The number of carbonyl (C=O) groups excluding carboxylic acids is 1. The first kappa shape index (κ1) is 19.9. The van der Waals surface area contributed by atoms with Crippen molar-refractivity contribution in [1.82, 2.24) is 4.98 Å². The van der Waals surface area contributed by atoms with Gasteiger partial charge in [-0.05, 0) is 55.2 Å². The molecule has 1 saturated carbocycles. The highest BCUT2D eigenvalue weighted by Gasteiger charge is 2.30. The number of pyridine rings is 1. The summed E-state index contributed by atoms with van der Waals surface area (Å²) in [5.41, 5.74) is 5.99. The Labute approximate surface area is 180 Å². The Bertz CT molecular complexity index is 1180. The van der Waals surface area contributed by atoms with Crippen molar-refractivity contribution in [2.24, 2.45) is 0 Å². The van der Waals surface area contributed by atoms with Gasteiger partial charge in [-0.15, -0.1) is 0 Å². The topological polar surface area (TPSA) is 59.4 Å². The number of aliphatic hydroxyl groups excluding tert-OH is 1. The van der Waals surface area contributed by atoms with Crippen molar-refractivity contribution in [3.05, 3.63) is 71.2 Å². The molecule has 2 heterocycles. The summed E-state index contributed by atoms with van der Waals surface area (Å²) < 4.78 is 19.1. The fourth-order valence-electron chi connectivity index (χ4n) is 4.30. The average Bonchev–Trinajstić information content (AvgIpc) is 3.56. The number of hydrogen-bond acceptors (Lipinski definition) is 4. The SMILES string of the molecule is Cc1ccc2c(-c3ccc(F)cc3)c(/C=C/C3CC(O)CC(=O)O3)c(C3CC3)nc2c1. The molecule has 1 aliphatic heterocycles. The van der Waals surface area contributed by atoms with Gasteiger partial charge in [-0.25, -0.2) is 4.39 Å². The standard InChI is InChI=1S/C26H24FNO3/c1-15-2-10-21-23(12-15)28-26(17-3-4-17)22(25(21)16-5-7-18(27)8-6-16)11-9-20-13-19(29)14-24(30)31-20/h2,5-12,17,19-20,29H,3-4,13-14H2,1H3/b11-9+. The summed E-state index contributed by atoms with van der Waals surface area (Å²) in [6.07, 6.45) is 5.25. The minimum absolute atomic E-state index is 0.0371. The van der Waals surface area contributed by atoms with E-state index in [-0.39, 0.29) is 18.2 Å². The van der Waals surface area contributed by atoms with Crippen LogP contribution in [0.4, 0.5) is 4.39 Å². The minimum atomic E-state index is -0.687. The van der Waals surface area contributed by atoms with E-state index in [1.807, 2.05) is 19.1 Å². The third-order valence-corrected chi connectivity index (χ3v) is 5.97. The van der Waals surface area contributed by atoms with Crippen LogP contribution in [0, 0.1) is 12.7 Å². The Hall–Kier alpha value is -3.05. The van der Waals surface area contributed by atoms with E-state index in [1.165, 1.54) is 12.1 Å². The molecule has 0 amide bonds. The van der Waals surface area contributed by atoms with Crippen LogP contribution in [0.25, 0.3) is 28.1 Å². The first-order valence-corrected chi connectivity index (χ1v) is 10.7. The van der Waals surface area contributed by atoms with Crippen LogP contribution in [0.2, 0.25) is 0 Å². The maximum atomic E-state index is 13.7. The van der Waals surface area contributed by atoms with Crippen LogP contribution in [0.3, 0.4) is 0 Å². The number of ether oxygens (including phenoxy) is 1. The molecule has 3 aromatic rings. The van der Waals surface area contributed by atoms with E-state index in [4.69, 9.17) is 9.72 Å². The lowest BCUT2D eigenvalue weighted by atomic mass is 9.91. The zero-order valence-corrected chi connectivity index (χ0v) is 17.3. The number of nitrogens with zero attached hydrogens (tertiary/aromatic N) is 1. The van der Waals surface area contributed by atoms with Gasteiger partial charge in [0.15, 0.2) is 0 Å². The molecule has 0 bridgehead atoms. The third-order valence-electron chi connectivity index (χ3n) is 5.97. The maximum absolute atomic E-state index is 13.7. The van der Waals surface area contributed by atoms with Crippen molar-refractivity contribution in [3.63, 3.8) is 0 Å². The highest BCUT2D eigenvalue weighted by Crippen LogP contribution is 2.45. The van der Waals surface area contributed by atoms with Gasteiger partial charge in [-0.3, -0.25) is 9.78 Å². The van der Waals surface area contributed by atoms with Gasteiger partial charge in [0.25, 0.3) is 0 Å². The van der Waals surface area contributed by atoms with E-state index >= 15 is 0 Å². The molecule has 1 saturated heterocycles. The fourth-order valence-corrected chi connectivity index (χ4v) is 4.30. The van der Waals surface area contributed by atoms with Gasteiger partial charge < -0.3 is 9.84 Å². The number of fused-ring (bicyclic) bond motifs is 1. The zero-order chi connectivity index (χ0) is 21.5. The Kier molecular flexibility index (Phi) is 5.06. The van der Waals surface area contributed by atoms with Gasteiger partial charge in [0.2, 0.25) is 0 Å². The number of carbonyl (C=O) groups is 1. The summed E-state index contributed by atoms with van der Waals surface area (Å²) in [6.45, 7) is 2.05. The predicted octanol–water partition coefficient (Wildman–Crippen LogP) is 5.31. The van der Waals surface area contributed by atoms with E-state index in [0.717, 1.165) is 51.7 Å². The van der Waals surface area contributed by atoms with Crippen molar-refractivity contribution in [2.45, 2.75) is 50.7 Å². The second-order valence-electron chi connectivity index (χ2n) is 8.57. The third kappa shape index (κ3) is 4.10. The summed E-state index contributed by atoms with van der Waals surface area (Å²) in [4.78, 5) is 16.8. The molecule has 0 radical (unpaired) electrons. The number of benzene rings is 2. The summed E-state index contributed by atoms with van der Waals surface area (Å²) in [6, 6.07) is 12.7. The number of aliphatic hydroxyl groups is 1.